The van der Waals surface area contributed by atoms with Crippen LogP contribution in [0.1, 0.15) is 32.1 Å². The van der Waals surface area contributed by atoms with E-state index in [2.05, 4.69) is 21.3 Å². The van der Waals surface area contributed by atoms with Gasteiger partial charge in [0.2, 0.25) is 0 Å². The monoisotopic (exact) mass is 637 g/mol. The molecule has 0 aliphatic carbocycles. The average Bonchev–Trinajstić information content (AvgIpc) is 3.45. The first-order valence-electron chi connectivity index (χ1n) is 14.0. The van der Waals surface area contributed by atoms with Gasteiger partial charge in [0, 0.05) is 55.0 Å². The minimum absolute atomic E-state index is 0.286. The van der Waals surface area contributed by atoms with Crippen LogP contribution >= 0.6 is 23.2 Å². The largest absolute Gasteiger partial charge is 0.496 e. The van der Waals surface area contributed by atoms with Crippen LogP contribution in [0.4, 0.5) is 16.2 Å². The molecular formula is C32H33Cl2N5O5. The number of aromatic nitrogens is 1. The molecule has 10 nitrogen and oxygen atoms in total. The van der Waals surface area contributed by atoms with Crippen molar-refractivity contribution in [2.45, 2.75) is 32.9 Å². The fourth-order valence-corrected chi connectivity index (χ4v) is 5.50. The van der Waals surface area contributed by atoms with Crippen LogP contribution in [0.25, 0.3) is 22.0 Å². The Morgan fingerprint density at radius 2 is 1.77 bits per heavy atom. The number of methoxy groups -OCH3 is 2. The second-order valence-electron chi connectivity index (χ2n) is 11.4. The molecule has 1 aliphatic heterocycles. The number of halogens is 2. The first-order chi connectivity index (χ1) is 21.0. The van der Waals surface area contributed by atoms with Gasteiger partial charge >= 0.3 is 6.09 Å². The highest BCUT2D eigenvalue weighted by atomic mass is 35.5. The van der Waals surface area contributed by atoms with Gasteiger partial charge in [0.05, 0.1) is 59.5 Å². The Labute approximate surface area is 266 Å². The smallest absolute Gasteiger partial charge is 0.410 e. The molecule has 2 aromatic heterocycles. The highest BCUT2D eigenvalue weighted by Gasteiger charge is 2.26. The van der Waals surface area contributed by atoms with Crippen molar-refractivity contribution < 1.29 is 23.4 Å². The summed E-state index contributed by atoms with van der Waals surface area (Å²) in [5, 5.41) is 14.5. The lowest BCUT2D eigenvalue weighted by Crippen LogP contribution is -2.49. The van der Waals surface area contributed by atoms with E-state index in [0.717, 1.165) is 16.9 Å². The third-order valence-electron chi connectivity index (χ3n) is 7.18. The number of hydrogen-bond donors (Lipinski definition) is 1. The van der Waals surface area contributed by atoms with Crippen molar-refractivity contribution in [3.8, 4) is 28.7 Å². The third kappa shape index (κ3) is 6.81. The van der Waals surface area contributed by atoms with E-state index < -0.39 is 5.60 Å². The molecule has 1 aliphatic rings. The number of hydrogen-bond acceptors (Lipinski definition) is 9. The number of piperazine rings is 1. The molecule has 3 heterocycles. The maximum Gasteiger partial charge on any atom is 0.410 e. The zero-order valence-corrected chi connectivity index (χ0v) is 26.7. The summed E-state index contributed by atoms with van der Waals surface area (Å²) in [7, 11) is 3.10. The fourth-order valence-electron chi connectivity index (χ4n) is 4.99. The van der Waals surface area contributed by atoms with Gasteiger partial charge in [0.1, 0.15) is 28.9 Å². The molecule has 1 N–H and O–H groups in total. The van der Waals surface area contributed by atoms with Crippen LogP contribution in [-0.2, 0) is 11.3 Å². The van der Waals surface area contributed by atoms with Crippen LogP contribution < -0.4 is 14.8 Å². The highest BCUT2D eigenvalue weighted by molar-refractivity contribution is 6.37. The summed E-state index contributed by atoms with van der Waals surface area (Å²) < 4.78 is 22.6. The molecule has 1 amide bonds. The van der Waals surface area contributed by atoms with E-state index in [1.54, 1.807) is 30.4 Å². The zero-order chi connectivity index (χ0) is 31.6. The normalized spacial score (nSPS) is 13.9. The lowest BCUT2D eigenvalue weighted by Gasteiger charge is -2.35. The van der Waals surface area contributed by atoms with Crippen molar-refractivity contribution in [2.75, 3.05) is 45.7 Å². The molecule has 230 valence electrons. The van der Waals surface area contributed by atoms with Crippen molar-refractivity contribution in [1.82, 2.24) is 14.8 Å². The lowest BCUT2D eigenvalue weighted by atomic mass is 10.0. The molecule has 1 fully saturated rings. The number of carbonyl (C=O) groups excluding carboxylic acids is 1. The summed E-state index contributed by atoms with van der Waals surface area (Å²) >= 11 is 12.7. The Hall–Kier alpha value is -4.17. The number of rotatable bonds is 7. The van der Waals surface area contributed by atoms with E-state index in [4.69, 9.17) is 41.8 Å². The van der Waals surface area contributed by atoms with Crippen molar-refractivity contribution in [2.24, 2.45) is 0 Å². The molecule has 4 aromatic rings. The van der Waals surface area contributed by atoms with Crippen LogP contribution in [0, 0.1) is 11.3 Å². The Balaban J connectivity index is 1.38. The molecule has 0 unspecified atom stereocenters. The predicted molar refractivity (Wildman–Crippen MR) is 170 cm³/mol. The number of furan rings is 1. The number of ether oxygens (including phenoxy) is 3. The van der Waals surface area contributed by atoms with Crippen LogP contribution in [0.15, 0.2) is 47.2 Å². The molecule has 44 heavy (non-hydrogen) atoms. The summed E-state index contributed by atoms with van der Waals surface area (Å²) in [4.78, 5) is 20.9. The maximum atomic E-state index is 12.4. The standard InChI is InChI=1S/C32H33Cl2N5O5/c1-32(2,3)44-31(40)39-8-6-38(7-9-39)17-21-10-19(18-43-21)22-11-26-23(12-28(22)41-4)30(20(15-35)16-36-26)37-27-14-29(42-5)25(34)13-24(27)33/h10-14,16,18H,6-9,17H2,1-5H3,(H,36,37). The molecular weight excluding hydrogens is 605 g/mol. The number of nitrogens with one attached hydrogen (secondary N) is 1. The number of amides is 1. The topological polar surface area (TPSA) is 113 Å². The van der Waals surface area contributed by atoms with Crippen LogP contribution in [0.5, 0.6) is 11.5 Å². The van der Waals surface area contributed by atoms with Crippen LogP contribution in [0.3, 0.4) is 0 Å². The summed E-state index contributed by atoms with van der Waals surface area (Å²) in [5.41, 5.74) is 3.11. The van der Waals surface area contributed by atoms with Gasteiger partial charge in [-0.05, 0) is 45.0 Å². The molecule has 0 radical (unpaired) electrons. The summed E-state index contributed by atoms with van der Waals surface area (Å²) in [6, 6.07) is 11.2. The van der Waals surface area contributed by atoms with E-state index >= 15 is 0 Å². The number of fused-ring (bicyclic) bond motifs is 1. The van der Waals surface area contributed by atoms with E-state index in [9.17, 15) is 10.1 Å². The van der Waals surface area contributed by atoms with Gasteiger partial charge in [0.15, 0.2) is 0 Å². The number of benzene rings is 2. The van der Waals surface area contributed by atoms with Crippen molar-refractivity contribution in [3.05, 3.63) is 64.2 Å². The second-order valence-corrected chi connectivity index (χ2v) is 12.2. The Bertz CT molecular complexity index is 1740. The van der Waals surface area contributed by atoms with Crippen molar-refractivity contribution in [1.29, 1.82) is 5.26 Å². The number of nitriles is 1. The summed E-state index contributed by atoms with van der Waals surface area (Å²) in [5.74, 6) is 1.81. The van der Waals surface area contributed by atoms with E-state index in [1.165, 1.54) is 13.3 Å². The van der Waals surface area contributed by atoms with Gasteiger partial charge in [-0.1, -0.05) is 23.2 Å². The quantitative estimate of drug-likeness (QED) is 0.220. The Morgan fingerprint density at radius 1 is 1.05 bits per heavy atom. The second kappa shape index (κ2) is 12.8. The summed E-state index contributed by atoms with van der Waals surface area (Å²) in [6.07, 6.45) is 2.92. The fraction of sp³-hybridized carbons (Fsp3) is 0.344. The molecule has 1 saturated heterocycles. The predicted octanol–water partition coefficient (Wildman–Crippen LogP) is 7.49. The van der Waals surface area contributed by atoms with E-state index in [1.807, 2.05) is 39.0 Å². The maximum absolute atomic E-state index is 12.4. The van der Waals surface area contributed by atoms with Gasteiger partial charge in [-0.15, -0.1) is 0 Å². The van der Waals surface area contributed by atoms with Gasteiger partial charge in [-0.3, -0.25) is 9.88 Å². The molecule has 2 aromatic carbocycles. The molecule has 5 rings (SSSR count). The first kappa shape index (κ1) is 31.3. The highest BCUT2D eigenvalue weighted by Crippen LogP contribution is 2.41. The summed E-state index contributed by atoms with van der Waals surface area (Å²) in [6.45, 7) is 8.78. The number of carbonyl (C=O) groups is 1. The van der Waals surface area contributed by atoms with Crippen molar-refractivity contribution >= 4 is 51.6 Å². The molecule has 0 atom stereocenters. The van der Waals surface area contributed by atoms with Gasteiger partial charge < -0.3 is 28.8 Å². The third-order valence-corrected chi connectivity index (χ3v) is 7.79. The van der Waals surface area contributed by atoms with Gasteiger partial charge in [-0.25, -0.2) is 4.79 Å². The van der Waals surface area contributed by atoms with E-state index in [-0.39, 0.29) is 6.09 Å². The molecule has 0 spiro atoms. The number of pyridine rings is 1. The molecule has 0 bridgehead atoms. The first-order valence-corrected chi connectivity index (χ1v) is 14.7. The van der Waals surface area contributed by atoms with Crippen LogP contribution in [-0.4, -0.2) is 66.9 Å². The Kier molecular flexibility index (Phi) is 9.11. The van der Waals surface area contributed by atoms with E-state index in [0.29, 0.717) is 82.1 Å². The van der Waals surface area contributed by atoms with Crippen LogP contribution in [0.2, 0.25) is 10.0 Å². The molecule has 0 saturated carbocycles. The SMILES string of the molecule is COc1cc(Nc2c(C#N)cnc3cc(-c4coc(CN5CCN(C(=O)OC(C)(C)C)CC5)c4)c(OC)cc23)c(Cl)cc1Cl. The lowest BCUT2D eigenvalue weighted by molar-refractivity contribution is 0.0134. The minimum atomic E-state index is -0.521. The average molecular weight is 639 g/mol. The minimum Gasteiger partial charge on any atom is -0.496 e. The van der Waals surface area contributed by atoms with Gasteiger partial charge in [-0.2, -0.15) is 5.26 Å². The zero-order valence-electron chi connectivity index (χ0n) is 25.2. The van der Waals surface area contributed by atoms with Crippen molar-refractivity contribution in [3.63, 3.8) is 0 Å². The molecule has 12 heteroatoms. The van der Waals surface area contributed by atoms with Gasteiger partial charge in [0.25, 0.3) is 0 Å². The number of anilines is 2. The Morgan fingerprint density at radius 3 is 2.43 bits per heavy atom. The number of nitrogens with zero attached hydrogens (tertiary/aromatic N) is 4.